The second kappa shape index (κ2) is 6.70. The zero-order valence-electron chi connectivity index (χ0n) is 15.2. The fourth-order valence-corrected chi connectivity index (χ4v) is 5.17. The van der Waals surface area contributed by atoms with Crippen molar-refractivity contribution in [1.29, 1.82) is 0 Å². The Morgan fingerprint density at radius 3 is 2.48 bits per heavy atom. The molecule has 154 valence electrons. The number of rotatable bonds is 3. The lowest BCUT2D eigenvalue weighted by Crippen LogP contribution is -2.49. The number of pyridine rings is 1. The highest BCUT2D eigenvalue weighted by Gasteiger charge is 2.44. The van der Waals surface area contributed by atoms with Crippen LogP contribution in [0.2, 0.25) is 0 Å². The Labute approximate surface area is 164 Å². The van der Waals surface area contributed by atoms with E-state index in [0.717, 1.165) is 29.8 Å². The monoisotopic (exact) mass is 427 g/mol. The van der Waals surface area contributed by atoms with Gasteiger partial charge in [-0.05, 0) is 42.8 Å². The van der Waals surface area contributed by atoms with E-state index in [2.05, 4.69) is 9.72 Å². The van der Waals surface area contributed by atoms with Crippen LogP contribution in [-0.2, 0) is 10.0 Å². The SMILES string of the molecule is Cc1nccc2c1C(=O)N1CCN(S(=O)(=O)c3ccc(OC(F)(F)F)cc3)CC21. The van der Waals surface area contributed by atoms with Crippen LogP contribution in [0.4, 0.5) is 13.2 Å². The number of carbonyl (C=O) groups is 1. The van der Waals surface area contributed by atoms with Gasteiger partial charge >= 0.3 is 6.36 Å². The van der Waals surface area contributed by atoms with Gasteiger partial charge in [0.05, 0.1) is 22.2 Å². The highest BCUT2D eigenvalue weighted by Crippen LogP contribution is 2.38. The Balaban J connectivity index is 1.59. The van der Waals surface area contributed by atoms with Crippen molar-refractivity contribution in [3.63, 3.8) is 0 Å². The molecular formula is C18H16F3N3O4S. The summed E-state index contributed by atoms with van der Waals surface area (Å²) in [7, 11) is -3.95. The first-order valence-corrected chi connectivity index (χ1v) is 10.1. The van der Waals surface area contributed by atoms with E-state index >= 15 is 0 Å². The van der Waals surface area contributed by atoms with Crippen LogP contribution in [0.3, 0.4) is 0 Å². The number of amides is 1. The zero-order valence-corrected chi connectivity index (χ0v) is 16.0. The van der Waals surface area contributed by atoms with E-state index in [1.165, 1.54) is 4.31 Å². The third kappa shape index (κ3) is 3.44. The van der Waals surface area contributed by atoms with E-state index in [1.54, 1.807) is 24.1 Å². The second-order valence-corrected chi connectivity index (χ2v) is 8.70. The van der Waals surface area contributed by atoms with Crippen LogP contribution < -0.4 is 4.74 Å². The minimum absolute atomic E-state index is 0.0608. The number of aromatic nitrogens is 1. The number of fused-ring (bicyclic) bond motifs is 3. The number of aryl methyl sites for hydroxylation is 1. The molecule has 0 bridgehead atoms. The van der Waals surface area contributed by atoms with Crippen molar-refractivity contribution in [3.05, 3.63) is 53.3 Å². The fourth-order valence-electron chi connectivity index (χ4n) is 3.73. The summed E-state index contributed by atoms with van der Waals surface area (Å²) in [4.78, 5) is 18.3. The Bertz CT molecular complexity index is 1070. The van der Waals surface area contributed by atoms with Gasteiger partial charge in [-0.25, -0.2) is 8.42 Å². The van der Waals surface area contributed by atoms with E-state index in [4.69, 9.17) is 0 Å². The highest BCUT2D eigenvalue weighted by atomic mass is 32.2. The maximum absolute atomic E-state index is 13.0. The lowest BCUT2D eigenvalue weighted by Gasteiger charge is -2.37. The number of carbonyl (C=O) groups excluding carboxylic acids is 1. The molecule has 3 heterocycles. The molecule has 1 unspecified atom stereocenters. The molecule has 0 N–H and O–H groups in total. The molecule has 0 aliphatic carbocycles. The highest BCUT2D eigenvalue weighted by molar-refractivity contribution is 7.89. The second-order valence-electron chi connectivity index (χ2n) is 6.76. The van der Waals surface area contributed by atoms with Gasteiger partial charge in [-0.1, -0.05) is 0 Å². The van der Waals surface area contributed by atoms with Gasteiger partial charge in [0, 0.05) is 25.8 Å². The van der Waals surface area contributed by atoms with Gasteiger partial charge in [-0.15, -0.1) is 13.2 Å². The van der Waals surface area contributed by atoms with Crippen molar-refractivity contribution in [1.82, 2.24) is 14.2 Å². The average molecular weight is 427 g/mol. The van der Waals surface area contributed by atoms with Gasteiger partial charge in [0.25, 0.3) is 5.91 Å². The van der Waals surface area contributed by atoms with Crippen LogP contribution in [0.25, 0.3) is 0 Å². The summed E-state index contributed by atoms with van der Waals surface area (Å²) >= 11 is 0. The lowest BCUT2D eigenvalue weighted by atomic mass is 10.0. The van der Waals surface area contributed by atoms with E-state index in [9.17, 15) is 26.4 Å². The number of alkyl halides is 3. The summed E-state index contributed by atoms with van der Waals surface area (Å²) in [6.07, 6.45) is -3.27. The summed E-state index contributed by atoms with van der Waals surface area (Å²) in [6.45, 7) is 2.09. The Hall–Kier alpha value is -2.66. The van der Waals surface area contributed by atoms with Crippen molar-refractivity contribution in [2.45, 2.75) is 24.2 Å². The number of halogens is 3. The maximum Gasteiger partial charge on any atom is 0.573 e. The molecule has 0 saturated carbocycles. The van der Waals surface area contributed by atoms with Crippen molar-refractivity contribution in [2.24, 2.45) is 0 Å². The number of benzene rings is 1. The average Bonchev–Trinajstić information content (AvgIpc) is 2.94. The Kier molecular flexibility index (Phi) is 4.54. The maximum atomic E-state index is 13.0. The van der Waals surface area contributed by atoms with Crippen molar-refractivity contribution in [2.75, 3.05) is 19.6 Å². The molecule has 2 aliphatic heterocycles. The number of hydrogen-bond donors (Lipinski definition) is 0. The molecular weight excluding hydrogens is 411 g/mol. The van der Waals surface area contributed by atoms with Gasteiger partial charge in [-0.3, -0.25) is 9.78 Å². The summed E-state index contributed by atoms with van der Waals surface area (Å²) < 4.78 is 67.8. The molecule has 1 fully saturated rings. The van der Waals surface area contributed by atoms with Crippen LogP contribution in [0.15, 0.2) is 41.4 Å². The number of piperazine rings is 1. The van der Waals surface area contributed by atoms with Crippen molar-refractivity contribution < 1.29 is 31.1 Å². The molecule has 2 aliphatic rings. The van der Waals surface area contributed by atoms with Crippen molar-refractivity contribution >= 4 is 15.9 Å². The molecule has 2 aromatic rings. The van der Waals surface area contributed by atoms with Crippen LogP contribution >= 0.6 is 0 Å². The predicted octanol–water partition coefficient (Wildman–Crippen LogP) is 2.49. The summed E-state index contributed by atoms with van der Waals surface area (Å²) in [5, 5.41) is 0. The first kappa shape index (κ1) is 19.6. The van der Waals surface area contributed by atoms with Gasteiger partial charge < -0.3 is 9.64 Å². The Morgan fingerprint density at radius 1 is 1.14 bits per heavy atom. The molecule has 1 amide bonds. The van der Waals surface area contributed by atoms with E-state index in [0.29, 0.717) is 11.3 Å². The fraction of sp³-hybridized carbons (Fsp3) is 0.333. The number of nitrogens with zero attached hydrogens (tertiary/aromatic N) is 3. The quantitative estimate of drug-likeness (QED) is 0.752. The normalized spacial score (nSPS) is 19.8. The molecule has 7 nitrogen and oxygen atoms in total. The van der Waals surface area contributed by atoms with Crippen LogP contribution in [0.5, 0.6) is 5.75 Å². The summed E-state index contributed by atoms with van der Waals surface area (Å²) in [5.41, 5.74) is 1.83. The van der Waals surface area contributed by atoms with Crippen LogP contribution in [-0.4, -0.2) is 54.5 Å². The number of sulfonamides is 1. The minimum Gasteiger partial charge on any atom is -0.406 e. The van der Waals surface area contributed by atoms with Crippen LogP contribution in [0.1, 0.15) is 27.7 Å². The lowest BCUT2D eigenvalue weighted by molar-refractivity contribution is -0.274. The molecule has 1 aromatic heterocycles. The molecule has 29 heavy (non-hydrogen) atoms. The predicted molar refractivity (Wildman–Crippen MR) is 94.6 cm³/mol. The molecule has 0 spiro atoms. The third-order valence-electron chi connectivity index (χ3n) is 5.04. The summed E-state index contributed by atoms with van der Waals surface area (Å²) in [5.74, 6) is -0.666. The van der Waals surface area contributed by atoms with Gasteiger partial charge in [0.1, 0.15) is 5.75 Å². The first-order chi connectivity index (χ1) is 13.6. The molecule has 1 saturated heterocycles. The Morgan fingerprint density at radius 2 is 1.83 bits per heavy atom. The smallest absolute Gasteiger partial charge is 0.406 e. The topological polar surface area (TPSA) is 79.8 Å². The van der Waals surface area contributed by atoms with Crippen molar-refractivity contribution in [3.8, 4) is 5.75 Å². The van der Waals surface area contributed by atoms with Gasteiger partial charge in [-0.2, -0.15) is 4.31 Å². The molecule has 1 aromatic carbocycles. The van der Waals surface area contributed by atoms with Gasteiger partial charge in [0.15, 0.2) is 0 Å². The number of hydrogen-bond acceptors (Lipinski definition) is 5. The molecule has 4 rings (SSSR count). The van der Waals surface area contributed by atoms with E-state index in [-0.39, 0.29) is 30.4 Å². The first-order valence-electron chi connectivity index (χ1n) is 8.70. The standard InChI is InChI=1S/C18H16F3N3O4S/c1-11-16-14(6-7-22-11)15-10-23(8-9-24(15)17(16)25)29(26,27)13-4-2-12(3-5-13)28-18(19,20)21/h2-7,15H,8-10H2,1H3. The van der Waals surface area contributed by atoms with Crippen LogP contribution in [0, 0.1) is 6.92 Å². The number of ether oxygens (including phenoxy) is 1. The largest absolute Gasteiger partial charge is 0.573 e. The zero-order chi connectivity index (χ0) is 21.0. The molecule has 0 radical (unpaired) electrons. The molecule has 11 heteroatoms. The van der Waals surface area contributed by atoms with E-state index in [1.807, 2.05) is 0 Å². The molecule has 1 atom stereocenters. The minimum atomic E-state index is -4.86. The summed E-state index contributed by atoms with van der Waals surface area (Å²) in [6, 6.07) is 5.36. The third-order valence-corrected chi connectivity index (χ3v) is 6.92. The van der Waals surface area contributed by atoms with Gasteiger partial charge in [0.2, 0.25) is 10.0 Å². The van der Waals surface area contributed by atoms with E-state index < -0.39 is 28.2 Å².